The first kappa shape index (κ1) is 10.7. The van der Waals surface area contributed by atoms with E-state index in [-0.39, 0.29) is 18.5 Å². The number of hydrogen-bond donors (Lipinski definition) is 1. The Labute approximate surface area is 94.2 Å². The van der Waals surface area contributed by atoms with Crippen molar-refractivity contribution in [1.29, 1.82) is 0 Å². The summed E-state index contributed by atoms with van der Waals surface area (Å²) in [5.41, 5.74) is 2.43. The lowest BCUT2D eigenvalue weighted by Crippen LogP contribution is -2.30. The van der Waals surface area contributed by atoms with Crippen molar-refractivity contribution < 1.29 is 9.59 Å². The number of nitrogens with zero attached hydrogens (tertiary/aromatic N) is 1. The number of nitrogens with one attached hydrogen (secondary N) is 1. The lowest BCUT2D eigenvalue weighted by Gasteiger charge is -2.13. The van der Waals surface area contributed by atoms with Gasteiger partial charge >= 0.3 is 6.03 Å². The van der Waals surface area contributed by atoms with Crippen LogP contribution in [0.1, 0.15) is 11.1 Å². The molecule has 1 saturated heterocycles. The number of aryl methyl sites for hydroxylation is 1. The molecule has 2 rings (SSSR count). The second-order valence-corrected chi connectivity index (χ2v) is 3.95. The summed E-state index contributed by atoms with van der Waals surface area (Å²) < 4.78 is 0. The highest BCUT2D eigenvalue weighted by Crippen LogP contribution is 2.09. The van der Waals surface area contributed by atoms with E-state index in [2.05, 4.69) is 5.32 Å². The van der Waals surface area contributed by atoms with E-state index in [0.717, 1.165) is 6.42 Å². The Bertz CT molecular complexity index is 429. The summed E-state index contributed by atoms with van der Waals surface area (Å²) in [5.74, 6) is -0.213. The molecule has 4 heteroatoms. The van der Waals surface area contributed by atoms with Crippen LogP contribution in [0.15, 0.2) is 24.3 Å². The number of carbonyl (C=O) groups is 2. The van der Waals surface area contributed by atoms with Crippen LogP contribution in [0.3, 0.4) is 0 Å². The Kier molecular flexibility index (Phi) is 2.90. The Morgan fingerprint density at radius 1 is 1.31 bits per heavy atom. The van der Waals surface area contributed by atoms with Gasteiger partial charge in [-0.3, -0.25) is 10.1 Å². The molecule has 3 amide bonds. The van der Waals surface area contributed by atoms with Crippen molar-refractivity contribution >= 4 is 11.9 Å². The van der Waals surface area contributed by atoms with Crippen LogP contribution < -0.4 is 5.32 Å². The molecular formula is C12H14N2O2. The van der Waals surface area contributed by atoms with Gasteiger partial charge in [-0.05, 0) is 24.5 Å². The van der Waals surface area contributed by atoms with Gasteiger partial charge in [0.25, 0.3) is 0 Å². The van der Waals surface area contributed by atoms with E-state index >= 15 is 0 Å². The van der Waals surface area contributed by atoms with E-state index in [1.165, 1.54) is 16.0 Å². The maximum atomic E-state index is 11.3. The molecule has 4 nitrogen and oxygen atoms in total. The van der Waals surface area contributed by atoms with Crippen molar-refractivity contribution in [2.45, 2.75) is 13.3 Å². The van der Waals surface area contributed by atoms with Gasteiger partial charge in [-0.1, -0.05) is 24.3 Å². The SMILES string of the molecule is Cc1ccccc1CCN1CC(=O)NC1=O. The first-order valence-corrected chi connectivity index (χ1v) is 5.30. The molecule has 0 saturated carbocycles. The van der Waals surface area contributed by atoms with Crippen LogP contribution in [-0.4, -0.2) is 29.9 Å². The summed E-state index contributed by atoms with van der Waals surface area (Å²) in [5, 5.41) is 2.27. The van der Waals surface area contributed by atoms with E-state index in [0.29, 0.717) is 6.54 Å². The molecule has 0 atom stereocenters. The molecule has 16 heavy (non-hydrogen) atoms. The molecule has 1 aromatic carbocycles. The van der Waals surface area contributed by atoms with Crippen molar-refractivity contribution in [3.63, 3.8) is 0 Å². The minimum Gasteiger partial charge on any atom is -0.315 e. The van der Waals surface area contributed by atoms with E-state index in [9.17, 15) is 9.59 Å². The van der Waals surface area contributed by atoms with Gasteiger partial charge in [0.05, 0.1) is 0 Å². The van der Waals surface area contributed by atoms with Gasteiger partial charge in [0.15, 0.2) is 0 Å². The molecule has 1 heterocycles. The molecule has 0 bridgehead atoms. The van der Waals surface area contributed by atoms with Gasteiger partial charge in [0, 0.05) is 6.54 Å². The zero-order valence-corrected chi connectivity index (χ0v) is 9.19. The number of amides is 3. The van der Waals surface area contributed by atoms with Crippen molar-refractivity contribution in [2.75, 3.05) is 13.1 Å². The molecule has 0 aromatic heterocycles. The van der Waals surface area contributed by atoms with Gasteiger partial charge in [0.1, 0.15) is 6.54 Å². The summed E-state index contributed by atoms with van der Waals surface area (Å²) in [6.45, 7) is 2.82. The summed E-state index contributed by atoms with van der Waals surface area (Å²) in [4.78, 5) is 23.8. The molecule has 0 spiro atoms. The predicted molar refractivity (Wildman–Crippen MR) is 60.0 cm³/mol. The second kappa shape index (κ2) is 4.35. The topological polar surface area (TPSA) is 49.4 Å². The lowest BCUT2D eigenvalue weighted by molar-refractivity contribution is -0.118. The van der Waals surface area contributed by atoms with Gasteiger partial charge in [0.2, 0.25) is 5.91 Å². The first-order chi connectivity index (χ1) is 7.66. The predicted octanol–water partition coefficient (Wildman–Crippen LogP) is 1.09. The average molecular weight is 218 g/mol. The second-order valence-electron chi connectivity index (χ2n) is 3.95. The van der Waals surface area contributed by atoms with Crippen molar-refractivity contribution in [3.8, 4) is 0 Å². The summed E-state index contributed by atoms with van der Waals surface area (Å²) in [7, 11) is 0. The lowest BCUT2D eigenvalue weighted by atomic mass is 10.1. The molecule has 0 radical (unpaired) electrons. The monoisotopic (exact) mass is 218 g/mol. The van der Waals surface area contributed by atoms with E-state index in [4.69, 9.17) is 0 Å². The number of hydrogen-bond acceptors (Lipinski definition) is 2. The fraction of sp³-hybridized carbons (Fsp3) is 0.333. The maximum absolute atomic E-state index is 11.3. The quantitative estimate of drug-likeness (QED) is 0.772. The minimum atomic E-state index is -0.279. The standard InChI is InChI=1S/C12H14N2O2/c1-9-4-2-3-5-10(9)6-7-14-8-11(15)13-12(14)16/h2-5H,6-8H2,1H3,(H,13,15,16). The van der Waals surface area contributed by atoms with Crippen LogP contribution in [0.25, 0.3) is 0 Å². The third-order valence-corrected chi connectivity index (χ3v) is 2.78. The molecule has 1 aliphatic rings. The molecular weight excluding hydrogens is 204 g/mol. The average Bonchev–Trinajstić information content (AvgIpc) is 2.56. The highest BCUT2D eigenvalue weighted by molar-refractivity contribution is 6.01. The fourth-order valence-electron chi connectivity index (χ4n) is 1.81. The van der Waals surface area contributed by atoms with Crippen LogP contribution in [0.5, 0.6) is 0 Å². The van der Waals surface area contributed by atoms with E-state index < -0.39 is 0 Å². The van der Waals surface area contributed by atoms with Crippen molar-refractivity contribution in [1.82, 2.24) is 10.2 Å². The van der Waals surface area contributed by atoms with Gasteiger partial charge in [-0.2, -0.15) is 0 Å². The normalized spacial score (nSPS) is 15.4. The summed E-state index contributed by atoms with van der Waals surface area (Å²) >= 11 is 0. The molecule has 1 fully saturated rings. The maximum Gasteiger partial charge on any atom is 0.324 e. The minimum absolute atomic E-state index is 0.185. The number of imide groups is 1. The molecule has 0 unspecified atom stereocenters. The van der Waals surface area contributed by atoms with Crippen LogP contribution in [0.4, 0.5) is 4.79 Å². The highest BCUT2D eigenvalue weighted by atomic mass is 16.2. The van der Waals surface area contributed by atoms with Gasteiger partial charge < -0.3 is 4.90 Å². The fourth-order valence-corrected chi connectivity index (χ4v) is 1.81. The van der Waals surface area contributed by atoms with Crippen LogP contribution >= 0.6 is 0 Å². The Morgan fingerprint density at radius 3 is 2.69 bits per heavy atom. The third-order valence-electron chi connectivity index (χ3n) is 2.78. The molecule has 1 N–H and O–H groups in total. The number of rotatable bonds is 3. The molecule has 1 aliphatic heterocycles. The number of urea groups is 1. The van der Waals surface area contributed by atoms with Crippen LogP contribution in [-0.2, 0) is 11.2 Å². The zero-order valence-electron chi connectivity index (χ0n) is 9.19. The smallest absolute Gasteiger partial charge is 0.315 e. The largest absolute Gasteiger partial charge is 0.324 e. The Hall–Kier alpha value is -1.84. The van der Waals surface area contributed by atoms with E-state index in [1.54, 1.807) is 0 Å². The summed E-state index contributed by atoms with van der Waals surface area (Å²) in [6.07, 6.45) is 0.785. The van der Waals surface area contributed by atoms with Gasteiger partial charge in [-0.25, -0.2) is 4.79 Å². The third kappa shape index (κ3) is 2.21. The summed E-state index contributed by atoms with van der Waals surface area (Å²) in [6, 6.07) is 7.79. The number of benzene rings is 1. The van der Waals surface area contributed by atoms with Gasteiger partial charge in [-0.15, -0.1) is 0 Å². The van der Waals surface area contributed by atoms with E-state index in [1.807, 2.05) is 31.2 Å². The van der Waals surface area contributed by atoms with Crippen molar-refractivity contribution in [2.24, 2.45) is 0 Å². The first-order valence-electron chi connectivity index (χ1n) is 5.30. The van der Waals surface area contributed by atoms with Crippen LogP contribution in [0.2, 0.25) is 0 Å². The van der Waals surface area contributed by atoms with Crippen molar-refractivity contribution in [3.05, 3.63) is 35.4 Å². The Morgan fingerprint density at radius 2 is 2.06 bits per heavy atom. The Balaban J connectivity index is 1.95. The highest BCUT2D eigenvalue weighted by Gasteiger charge is 2.25. The molecule has 1 aromatic rings. The number of carbonyl (C=O) groups excluding carboxylic acids is 2. The zero-order chi connectivity index (χ0) is 11.5. The van der Waals surface area contributed by atoms with Crippen LogP contribution in [0, 0.1) is 6.92 Å². The molecule has 84 valence electrons. The molecule has 0 aliphatic carbocycles.